The third kappa shape index (κ3) is 16.7. The van der Waals surface area contributed by atoms with Gasteiger partial charge in [-0.05, 0) is 122 Å². The predicted octanol–water partition coefficient (Wildman–Crippen LogP) is 14.7. The molecule has 5 aromatic carbocycles. The molecule has 370 valence electrons. The zero-order valence-electron chi connectivity index (χ0n) is 42.9. The number of rotatable bonds is 25. The number of pyridine rings is 2. The summed E-state index contributed by atoms with van der Waals surface area (Å²) in [6.07, 6.45) is 13.3. The minimum Gasteiger partial charge on any atom is -0.507 e. The predicted molar refractivity (Wildman–Crippen MR) is 291 cm³/mol. The number of amides is 1. The van der Waals surface area contributed by atoms with Gasteiger partial charge in [0.15, 0.2) is 0 Å². The van der Waals surface area contributed by atoms with Crippen molar-refractivity contribution in [2.45, 2.75) is 137 Å². The van der Waals surface area contributed by atoms with E-state index in [-0.39, 0.29) is 11.8 Å². The van der Waals surface area contributed by atoms with E-state index in [1.54, 1.807) is 4.90 Å². The minimum absolute atomic E-state index is 0.265. The number of unbranched alkanes of at least 4 members (excludes halogenated alkanes) is 4. The molecule has 0 spiro atoms. The fraction of sp³-hybridized carbons (Fsp3) is 0.349. The van der Waals surface area contributed by atoms with Gasteiger partial charge in [0.2, 0.25) is 0 Å². The van der Waals surface area contributed by atoms with Gasteiger partial charge in [-0.1, -0.05) is 167 Å². The highest BCUT2D eigenvalue weighted by atomic mass is 16.6. The van der Waals surface area contributed by atoms with E-state index in [4.69, 9.17) is 14.7 Å². The minimum atomic E-state index is -0.665. The van der Waals surface area contributed by atoms with Crippen LogP contribution in [-0.2, 0) is 63.3 Å². The van der Waals surface area contributed by atoms with Crippen LogP contribution in [-0.4, -0.2) is 43.1 Å². The van der Waals surface area contributed by atoms with E-state index in [2.05, 4.69) is 127 Å². The van der Waals surface area contributed by atoms with Gasteiger partial charge in [-0.15, -0.1) is 0 Å². The molecule has 0 bridgehead atoms. The number of aromatic hydroxyl groups is 1. The standard InChI is InChI=1S/C63H75N5O3/c1-6-8-11-19-49-25-29-51(30-26-49)43-66(48-59-23-15-17-38-64-59)46-57-41-54(37-40-67(62(70)71-63(3,4)5)44-53-33-35-56(36-34-53)55-21-13-10-14-22-55)42-58(61(57)69)47-68(60-24-16-18-39-65-60)45-52-31-27-50(28-32-52)20-12-9-7-2/h10,13-18,21-36,38-39,41-42,69H,6-9,11-12,19-20,37,40,43-48H2,1-5H3. The van der Waals surface area contributed by atoms with E-state index in [1.165, 1.54) is 60.8 Å². The maximum absolute atomic E-state index is 14.0. The number of ether oxygens (including phenoxy) is 1. The van der Waals surface area contributed by atoms with Crippen LogP contribution in [0.15, 0.2) is 164 Å². The Bertz CT molecular complexity index is 2650. The van der Waals surface area contributed by atoms with Crippen molar-refractivity contribution in [1.82, 2.24) is 19.8 Å². The Morgan fingerprint density at radius 3 is 1.63 bits per heavy atom. The molecule has 1 N–H and O–H groups in total. The molecule has 0 saturated carbocycles. The number of aromatic nitrogens is 2. The zero-order chi connectivity index (χ0) is 49.8. The van der Waals surface area contributed by atoms with Crippen LogP contribution in [0.4, 0.5) is 10.6 Å². The summed E-state index contributed by atoms with van der Waals surface area (Å²) in [5, 5.41) is 12.6. The molecule has 0 atom stereocenters. The molecule has 71 heavy (non-hydrogen) atoms. The Balaban J connectivity index is 1.22. The van der Waals surface area contributed by atoms with Crippen LogP contribution in [0, 0.1) is 0 Å². The number of hydrogen-bond acceptors (Lipinski definition) is 7. The van der Waals surface area contributed by atoms with Crippen LogP contribution in [0.3, 0.4) is 0 Å². The van der Waals surface area contributed by atoms with Crippen LogP contribution in [0.25, 0.3) is 11.1 Å². The molecule has 7 rings (SSSR count). The van der Waals surface area contributed by atoms with Crippen LogP contribution < -0.4 is 4.90 Å². The number of nitrogens with zero attached hydrogens (tertiary/aromatic N) is 5. The largest absolute Gasteiger partial charge is 0.507 e. The van der Waals surface area contributed by atoms with Crippen molar-refractivity contribution in [3.63, 3.8) is 0 Å². The number of benzene rings is 5. The van der Waals surface area contributed by atoms with Crippen molar-refractivity contribution in [2.75, 3.05) is 11.4 Å². The van der Waals surface area contributed by atoms with Crippen LogP contribution in [0.2, 0.25) is 0 Å². The van der Waals surface area contributed by atoms with Gasteiger partial charge in [-0.3, -0.25) is 9.88 Å². The summed E-state index contributed by atoms with van der Waals surface area (Å²) in [5.41, 5.74) is 11.3. The second-order valence-electron chi connectivity index (χ2n) is 20.0. The van der Waals surface area contributed by atoms with E-state index in [0.717, 1.165) is 57.7 Å². The number of phenolic OH excluding ortho intramolecular Hbond substituents is 1. The van der Waals surface area contributed by atoms with Gasteiger partial charge in [0.1, 0.15) is 17.2 Å². The molecule has 0 radical (unpaired) electrons. The molecule has 0 aliphatic carbocycles. The molecule has 2 heterocycles. The molecule has 2 aromatic heterocycles. The number of carbonyl (C=O) groups excluding carboxylic acids is 1. The molecule has 8 nitrogen and oxygen atoms in total. The SMILES string of the molecule is CCCCCc1ccc(CN(Cc2ccccn2)Cc2cc(CCN(Cc3ccc(-c4ccccc4)cc3)C(=O)OC(C)(C)C)cc(CN(Cc3ccc(CCCCC)cc3)c3ccccn3)c2O)cc1. The summed E-state index contributed by atoms with van der Waals surface area (Å²) in [5.74, 6) is 1.09. The summed E-state index contributed by atoms with van der Waals surface area (Å²) in [7, 11) is 0. The quantitative estimate of drug-likeness (QED) is 0.0572. The molecule has 1 amide bonds. The van der Waals surface area contributed by atoms with Gasteiger partial charge in [0.25, 0.3) is 0 Å². The van der Waals surface area contributed by atoms with Crippen molar-refractivity contribution in [1.29, 1.82) is 0 Å². The molecule has 7 aromatic rings. The number of aryl methyl sites for hydroxylation is 2. The summed E-state index contributed by atoms with van der Waals surface area (Å²) in [6, 6.07) is 53.0. The lowest BCUT2D eigenvalue weighted by Crippen LogP contribution is -2.37. The highest BCUT2D eigenvalue weighted by Gasteiger charge is 2.24. The molecular formula is C63H75N5O3. The highest BCUT2D eigenvalue weighted by Crippen LogP contribution is 2.31. The molecule has 0 unspecified atom stereocenters. The fourth-order valence-electron chi connectivity index (χ4n) is 9.05. The Kier molecular flexibility index (Phi) is 19.4. The van der Waals surface area contributed by atoms with Crippen molar-refractivity contribution in [3.05, 3.63) is 214 Å². The van der Waals surface area contributed by atoms with Gasteiger partial charge in [0, 0.05) is 69.3 Å². The first-order valence-corrected chi connectivity index (χ1v) is 25.9. The highest BCUT2D eigenvalue weighted by molar-refractivity contribution is 5.68. The van der Waals surface area contributed by atoms with E-state index < -0.39 is 5.60 Å². The fourth-order valence-corrected chi connectivity index (χ4v) is 9.05. The van der Waals surface area contributed by atoms with Gasteiger partial charge in [-0.25, -0.2) is 9.78 Å². The first kappa shape index (κ1) is 52.1. The van der Waals surface area contributed by atoms with E-state index >= 15 is 0 Å². The van der Waals surface area contributed by atoms with Gasteiger partial charge in [-0.2, -0.15) is 0 Å². The van der Waals surface area contributed by atoms with Crippen molar-refractivity contribution in [3.8, 4) is 16.9 Å². The molecule has 0 aliphatic rings. The molecular weight excluding hydrogens is 875 g/mol. The van der Waals surface area contributed by atoms with Crippen LogP contribution in [0.5, 0.6) is 5.75 Å². The summed E-state index contributed by atoms with van der Waals surface area (Å²) in [6.45, 7) is 13.8. The van der Waals surface area contributed by atoms with Crippen molar-refractivity contribution in [2.24, 2.45) is 0 Å². The Morgan fingerprint density at radius 1 is 0.521 bits per heavy atom. The summed E-state index contributed by atoms with van der Waals surface area (Å²) in [4.78, 5) is 30.0. The first-order chi connectivity index (χ1) is 34.5. The number of anilines is 1. The molecule has 0 saturated heterocycles. The second-order valence-corrected chi connectivity index (χ2v) is 20.0. The van der Waals surface area contributed by atoms with Gasteiger partial charge in [0.05, 0.1) is 5.69 Å². The third-order valence-corrected chi connectivity index (χ3v) is 12.9. The smallest absolute Gasteiger partial charge is 0.410 e. The maximum Gasteiger partial charge on any atom is 0.410 e. The van der Waals surface area contributed by atoms with Gasteiger partial charge < -0.3 is 19.6 Å². The van der Waals surface area contributed by atoms with Crippen LogP contribution >= 0.6 is 0 Å². The zero-order valence-corrected chi connectivity index (χ0v) is 42.9. The van der Waals surface area contributed by atoms with Crippen molar-refractivity contribution >= 4 is 11.9 Å². The average Bonchev–Trinajstić information content (AvgIpc) is 3.38. The lowest BCUT2D eigenvalue weighted by molar-refractivity contribution is 0.0235. The monoisotopic (exact) mass is 950 g/mol. The molecule has 0 aliphatic heterocycles. The Labute approximate surface area is 424 Å². The lowest BCUT2D eigenvalue weighted by atomic mass is 9.99. The van der Waals surface area contributed by atoms with E-state index in [9.17, 15) is 9.90 Å². The molecule has 0 fully saturated rings. The molecule has 8 heteroatoms. The average molecular weight is 950 g/mol. The first-order valence-electron chi connectivity index (χ1n) is 25.9. The number of carbonyl (C=O) groups is 1. The number of phenols is 1. The normalized spacial score (nSPS) is 11.5. The van der Waals surface area contributed by atoms with Crippen molar-refractivity contribution < 1.29 is 14.6 Å². The summed E-state index contributed by atoms with van der Waals surface area (Å²) >= 11 is 0. The van der Waals surface area contributed by atoms with Crippen LogP contribution in [0.1, 0.15) is 123 Å². The maximum atomic E-state index is 14.0. The third-order valence-electron chi connectivity index (χ3n) is 12.9. The summed E-state index contributed by atoms with van der Waals surface area (Å²) < 4.78 is 6.03. The van der Waals surface area contributed by atoms with Gasteiger partial charge >= 0.3 is 6.09 Å². The Hall–Kier alpha value is -6.77. The van der Waals surface area contributed by atoms with E-state index in [1.807, 2.05) is 81.7 Å². The Morgan fingerprint density at radius 2 is 1.06 bits per heavy atom. The topological polar surface area (TPSA) is 82.0 Å². The second kappa shape index (κ2) is 26.4. The number of hydrogen-bond donors (Lipinski definition) is 1. The van der Waals surface area contributed by atoms with E-state index in [0.29, 0.717) is 52.2 Å². The lowest BCUT2D eigenvalue weighted by Gasteiger charge is -2.29.